The van der Waals surface area contributed by atoms with Crippen LogP contribution in [-0.2, 0) is 0 Å². The summed E-state index contributed by atoms with van der Waals surface area (Å²) in [5.74, 6) is 2.63. The molecule has 30 heavy (non-hydrogen) atoms. The Bertz CT molecular complexity index is 991. The van der Waals surface area contributed by atoms with E-state index in [0.29, 0.717) is 0 Å². The van der Waals surface area contributed by atoms with Crippen molar-refractivity contribution in [3.8, 4) is 0 Å². The minimum atomic E-state index is 0.788. The molecular formula is C25H29N5. The SMILES string of the molecule is Cc1cccc(Nc2cc(N3CCN(C/C=C/c4ccccc4)CC3)nc(C)n2)c1. The van der Waals surface area contributed by atoms with Crippen molar-refractivity contribution in [2.24, 2.45) is 0 Å². The number of nitrogens with one attached hydrogen (secondary N) is 1. The molecular weight excluding hydrogens is 370 g/mol. The molecule has 5 heteroatoms. The largest absolute Gasteiger partial charge is 0.354 e. The molecule has 1 N–H and O–H groups in total. The third-order valence-electron chi connectivity index (χ3n) is 5.28. The minimum absolute atomic E-state index is 0.788. The first-order valence-corrected chi connectivity index (χ1v) is 10.5. The topological polar surface area (TPSA) is 44.3 Å². The molecule has 0 amide bonds. The molecule has 1 aliphatic rings. The van der Waals surface area contributed by atoms with E-state index >= 15 is 0 Å². The van der Waals surface area contributed by atoms with Crippen LogP contribution in [0.3, 0.4) is 0 Å². The van der Waals surface area contributed by atoms with Crippen LogP contribution >= 0.6 is 0 Å². The second-order valence-corrected chi connectivity index (χ2v) is 7.75. The molecule has 1 saturated heterocycles. The normalized spacial score (nSPS) is 14.9. The third-order valence-corrected chi connectivity index (χ3v) is 5.28. The van der Waals surface area contributed by atoms with Crippen LogP contribution in [0.5, 0.6) is 0 Å². The van der Waals surface area contributed by atoms with E-state index in [-0.39, 0.29) is 0 Å². The second kappa shape index (κ2) is 9.55. The number of hydrogen-bond donors (Lipinski definition) is 1. The fourth-order valence-electron chi connectivity index (χ4n) is 3.71. The first-order chi connectivity index (χ1) is 14.7. The minimum Gasteiger partial charge on any atom is -0.354 e. The van der Waals surface area contributed by atoms with Gasteiger partial charge >= 0.3 is 0 Å². The van der Waals surface area contributed by atoms with Gasteiger partial charge in [-0.25, -0.2) is 9.97 Å². The highest BCUT2D eigenvalue weighted by Crippen LogP contribution is 2.21. The van der Waals surface area contributed by atoms with E-state index in [1.165, 1.54) is 11.1 Å². The Kier molecular flexibility index (Phi) is 6.40. The molecule has 0 radical (unpaired) electrons. The van der Waals surface area contributed by atoms with E-state index in [9.17, 15) is 0 Å². The van der Waals surface area contributed by atoms with E-state index in [2.05, 4.69) is 98.8 Å². The zero-order valence-corrected chi connectivity index (χ0v) is 17.8. The van der Waals surface area contributed by atoms with Gasteiger partial charge in [0.15, 0.2) is 0 Å². The Morgan fingerprint density at radius 2 is 1.70 bits per heavy atom. The van der Waals surface area contributed by atoms with E-state index in [1.54, 1.807) is 0 Å². The number of aryl methyl sites for hydroxylation is 2. The van der Waals surface area contributed by atoms with Gasteiger partial charge in [-0.05, 0) is 37.1 Å². The Morgan fingerprint density at radius 1 is 0.900 bits per heavy atom. The van der Waals surface area contributed by atoms with Gasteiger partial charge < -0.3 is 10.2 Å². The molecule has 2 aromatic carbocycles. The summed E-state index contributed by atoms with van der Waals surface area (Å²) in [5, 5.41) is 3.42. The monoisotopic (exact) mass is 399 g/mol. The van der Waals surface area contributed by atoms with Crippen LogP contribution in [0, 0.1) is 13.8 Å². The van der Waals surface area contributed by atoms with E-state index in [0.717, 1.165) is 55.9 Å². The molecule has 5 nitrogen and oxygen atoms in total. The molecule has 1 aromatic heterocycles. The molecule has 1 fully saturated rings. The number of piperazine rings is 1. The number of rotatable bonds is 6. The zero-order chi connectivity index (χ0) is 20.8. The highest BCUT2D eigenvalue weighted by Gasteiger charge is 2.18. The third kappa shape index (κ3) is 5.45. The zero-order valence-electron chi connectivity index (χ0n) is 17.8. The lowest BCUT2D eigenvalue weighted by atomic mass is 10.2. The van der Waals surface area contributed by atoms with E-state index in [4.69, 9.17) is 0 Å². The molecule has 4 rings (SSSR count). The molecule has 0 unspecified atom stereocenters. The van der Waals surface area contributed by atoms with Crippen molar-refractivity contribution >= 4 is 23.4 Å². The van der Waals surface area contributed by atoms with Gasteiger partial charge in [-0.2, -0.15) is 0 Å². The fourth-order valence-corrected chi connectivity index (χ4v) is 3.71. The van der Waals surface area contributed by atoms with Crippen LogP contribution in [-0.4, -0.2) is 47.6 Å². The number of nitrogens with zero attached hydrogens (tertiary/aromatic N) is 4. The van der Waals surface area contributed by atoms with Crippen molar-refractivity contribution in [3.05, 3.63) is 83.7 Å². The van der Waals surface area contributed by atoms with Crippen LogP contribution in [0.1, 0.15) is 17.0 Å². The van der Waals surface area contributed by atoms with Crippen molar-refractivity contribution in [3.63, 3.8) is 0 Å². The van der Waals surface area contributed by atoms with Crippen molar-refractivity contribution in [2.45, 2.75) is 13.8 Å². The van der Waals surface area contributed by atoms with Crippen LogP contribution in [0.25, 0.3) is 6.08 Å². The molecule has 0 saturated carbocycles. The second-order valence-electron chi connectivity index (χ2n) is 7.75. The van der Waals surface area contributed by atoms with Crippen LogP contribution in [0.2, 0.25) is 0 Å². The number of anilines is 3. The predicted molar refractivity (Wildman–Crippen MR) is 125 cm³/mol. The Labute approximate surface area is 179 Å². The van der Waals surface area contributed by atoms with E-state index in [1.807, 2.05) is 13.0 Å². The quantitative estimate of drug-likeness (QED) is 0.652. The highest BCUT2D eigenvalue weighted by atomic mass is 15.3. The molecule has 2 heterocycles. The summed E-state index contributed by atoms with van der Waals surface area (Å²) in [5.41, 5.74) is 3.53. The summed E-state index contributed by atoms with van der Waals surface area (Å²) in [7, 11) is 0. The first-order valence-electron chi connectivity index (χ1n) is 10.5. The maximum Gasteiger partial charge on any atom is 0.136 e. The summed E-state index contributed by atoms with van der Waals surface area (Å²) in [6.45, 7) is 9.03. The summed E-state index contributed by atoms with van der Waals surface area (Å²) in [6, 6.07) is 20.9. The summed E-state index contributed by atoms with van der Waals surface area (Å²) < 4.78 is 0. The Balaban J connectivity index is 1.35. The maximum atomic E-state index is 4.69. The van der Waals surface area contributed by atoms with Crippen molar-refractivity contribution < 1.29 is 0 Å². The standard InChI is InChI=1S/C25H29N5/c1-20-8-6-12-23(18-20)28-24-19-25(27-21(2)26-24)30-16-14-29(15-17-30)13-7-11-22-9-4-3-5-10-22/h3-12,18-19H,13-17H2,1-2H3,(H,26,27,28)/b11-7+. The molecule has 3 aromatic rings. The molecule has 0 spiro atoms. The lowest BCUT2D eigenvalue weighted by molar-refractivity contribution is 0.283. The molecule has 0 aliphatic carbocycles. The molecule has 0 atom stereocenters. The first kappa shape index (κ1) is 20.1. The number of hydrogen-bond acceptors (Lipinski definition) is 5. The van der Waals surface area contributed by atoms with Gasteiger partial charge in [-0.3, -0.25) is 4.90 Å². The fraction of sp³-hybridized carbons (Fsp3) is 0.280. The van der Waals surface area contributed by atoms with Gasteiger partial charge in [0.25, 0.3) is 0 Å². The molecule has 154 valence electrons. The molecule has 1 aliphatic heterocycles. The summed E-state index contributed by atoms with van der Waals surface area (Å²) in [4.78, 5) is 14.1. The van der Waals surface area contributed by atoms with Gasteiger partial charge in [0.05, 0.1) is 0 Å². The van der Waals surface area contributed by atoms with Crippen molar-refractivity contribution in [2.75, 3.05) is 42.9 Å². The van der Waals surface area contributed by atoms with Gasteiger partial charge in [0.2, 0.25) is 0 Å². The molecule has 0 bridgehead atoms. The average molecular weight is 400 g/mol. The lowest BCUT2D eigenvalue weighted by Gasteiger charge is -2.35. The van der Waals surface area contributed by atoms with Crippen LogP contribution in [0.4, 0.5) is 17.3 Å². The van der Waals surface area contributed by atoms with Crippen LogP contribution < -0.4 is 10.2 Å². The van der Waals surface area contributed by atoms with Gasteiger partial charge in [-0.15, -0.1) is 0 Å². The smallest absolute Gasteiger partial charge is 0.136 e. The number of aromatic nitrogens is 2. The van der Waals surface area contributed by atoms with Gasteiger partial charge in [-0.1, -0.05) is 54.6 Å². The van der Waals surface area contributed by atoms with E-state index < -0.39 is 0 Å². The Hall–Kier alpha value is -3.18. The van der Waals surface area contributed by atoms with Gasteiger partial charge in [0, 0.05) is 44.5 Å². The average Bonchev–Trinajstić information content (AvgIpc) is 2.75. The summed E-state index contributed by atoms with van der Waals surface area (Å²) in [6.07, 6.45) is 4.45. The summed E-state index contributed by atoms with van der Waals surface area (Å²) >= 11 is 0. The van der Waals surface area contributed by atoms with Gasteiger partial charge in [0.1, 0.15) is 17.5 Å². The predicted octanol–water partition coefficient (Wildman–Crippen LogP) is 4.67. The number of benzene rings is 2. The van der Waals surface area contributed by atoms with Crippen molar-refractivity contribution in [1.29, 1.82) is 0 Å². The van der Waals surface area contributed by atoms with Crippen LogP contribution in [0.15, 0.2) is 66.7 Å². The Morgan fingerprint density at radius 3 is 2.47 bits per heavy atom. The highest BCUT2D eigenvalue weighted by molar-refractivity contribution is 5.60. The maximum absolute atomic E-state index is 4.69. The lowest BCUT2D eigenvalue weighted by Crippen LogP contribution is -2.46. The van der Waals surface area contributed by atoms with Crippen molar-refractivity contribution in [1.82, 2.24) is 14.9 Å².